The highest BCUT2D eigenvalue weighted by atomic mass is 35.5. The largest absolute Gasteiger partial charge is 0.390 e. The molecule has 0 aliphatic heterocycles. The minimum Gasteiger partial charge on any atom is -0.390 e. The first kappa shape index (κ1) is 16.7. The predicted molar refractivity (Wildman–Crippen MR) is 76.0 cm³/mol. The van der Waals surface area contributed by atoms with Crippen LogP contribution in [0.1, 0.15) is 37.9 Å². The van der Waals surface area contributed by atoms with Crippen LogP contribution in [0.3, 0.4) is 0 Å². The van der Waals surface area contributed by atoms with Crippen molar-refractivity contribution in [2.24, 2.45) is 5.73 Å². The van der Waals surface area contributed by atoms with Gasteiger partial charge in [0, 0.05) is 15.6 Å². The minimum atomic E-state index is -1.51. The number of aliphatic hydroxyl groups excluding tert-OH is 2. The number of nitrogens with two attached hydrogens (primary N) is 1. The first-order chi connectivity index (χ1) is 8.97. The third-order valence-electron chi connectivity index (χ3n) is 2.77. The Morgan fingerprint density at radius 2 is 1.84 bits per heavy atom. The molecule has 1 unspecified atom stereocenters. The summed E-state index contributed by atoms with van der Waals surface area (Å²) in [5.74, 6) is 0. The molecule has 4 N–H and O–H groups in total. The van der Waals surface area contributed by atoms with E-state index in [0.29, 0.717) is 22.0 Å². The monoisotopic (exact) mass is 307 g/mol. The first-order valence-electron chi connectivity index (χ1n) is 6.18. The summed E-state index contributed by atoms with van der Waals surface area (Å²) >= 11 is 12.2. The summed E-state index contributed by atoms with van der Waals surface area (Å²) in [6, 6.07) is 4.99. The lowest BCUT2D eigenvalue weighted by molar-refractivity contribution is -0.165. The van der Waals surface area contributed by atoms with Gasteiger partial charge in [-0.15, -0.1) is 0 Å². The highest BCUT2D eigenvalue weighted by Crippen LogP contribution is 2.35. The van der Waals surface area contributed by atoms with Gasteiger partial charge in [0.05, 0.1) is 6.10 Å². The molecule has 0 spiro atoms. The zero-order valence-corrected chi connectivity index (χ0v) is 12.2. The van der Waals surface area contributed by atoms with Crippen molar-refractivity contribution < 1.29 is 14.9 Å². The zero-order chi connectivity index (χ0) is 14.4. The van der Waals surface area contributed by atoms with E-state index in [1.807, 2.05) is 6.92 Å². The summed E-state index contributed by atoms with van der Waals surface area (Å²) in [6.45, 7) is 2.02. The number of hydrogen-bond acceptors (Lipinski definition) is 4. The molecule has 0 fully saturated rings. The maximum absolute atomic E-state index is 10.2. The van der Waals surface area contributed by atoms with E-state index in [4.69, 9.17) is 33.7 Å². The molecule has 1 aromatic rings. The van der Waals surface area contributed by atoms with Crippen LogP contribution in [0.5, 0.6) is 0 Å². The van der Waals surface area contributed by atoms with E-state index < -0.39 is 18.6 Å². The Bertz CT molecular complexity index is 381. The number of hydrogen-bond donors (Lipinski definition) is 3. The Balaban J connectivity index is 3.02. The fourth-order valence-electron chi connectivity index (χ4n) is 1.85. The van der Waals surface area contributed by atoms with E-state index >= 15 is 0 Å². The summed E-state index contributed by atoms with van der Waals surface area (Å²) in [6.07, 6.45) is -0.929. The number of rotatable bonds is 7. The second kappa shape index (κ2) is 8.04. The molecule has 3 atom stereocenters. The average Bonchev–Trinajstić information content (AvgIpc) is 2.34. The van der Waals surface area contributed by atoms with E-state index in [0.717, 1.165) is 12.8 Å². The van der Waals surface area contributed by atoms with Crippen molar-refractivity contribution in [2.45, 2.75) is 44.8 Å². The molecular weight excluding hydrogens is 289 g/mol. The summed E-state index contributed by atoms with van der Waals surface area (Å²) < 4.78 is 5.17. The number of unbranched alkanes of at least 4 members (excludes halogenated alkanes) is 1. The molecule has 1 rings (SSSR count). The van der Waals surface area contributed by atoms with Gasteiger partial charge < -0.3 is 14.9 Å². The molecule has 0 radical (unpaired) electrons. The third kappa shape index (κ3) is 4.91. The molecule has 1 aromatic carbocycles. The molecule has 6 heteroatoms. The molecule has 0 aromatic heterocycles. The molecule has 0 saturated heterocycles. The molecule has 19 heavy (non-hydrogen) atoms. The quantitative estimate of drug-likeness (QED) is 0.677. The highest BCUT2D eigenvalue weighted by Gasteiger charge is 2.27. The average molecular weight is 308 g/mol. The van der Waals surface area contributed by atoms with Gasteiger partial charge in [-0.25, -0.2) is 0 Å². The van der Waals surface area contributed by atoms with Gasteiger partial charge in [0.2, 0.25) is 6.41 Å². The Labute approximate surface area is 123 Å². The van der Waals surface area contributed by atoms with Crippen molar-refractivity contribution in [3.05, 3.63) is 33.8 Å². The van der Waals surface area contributed by atoms with Crippen molar-refractivity contribution in [3.8, 4) is 0 Å². The number of benzene rings is 1. The summed E-state index contributed by atoms with van der Waals surface area (Å²) in [7, 11) is 0. The maximum Gasteiger partial charge on any atom is 0.211 e. The van der Waals surface area contributed by atoms with Gasteiger partial charge in [0.25, 0.3) is 0 Å². The Kier molecular flexibility index (Phi) is 7.07. The number of halogens is 2. The third-order valence-corrected chi connectivity index (χ3v) is 3.43. The van der Waals surface area contributed by atoms with Crippen molar-refractivity contribution in [3.63, 3.8) is 0 Å². The van der Waals surface area contributed by atoms with Crippen LogP contribution in [0.25, 0.3) is 0 Å². The van der Waals surface area contributed by atoms with E-state index in [9.17, 15) is 10.2 Å². The standard InChI is InChI=1S/C13H19Cl2NO3/c1-2-3-7-10(17)12(19-13(16)18)11-8(14)5-4-6-9(11)15/h4-6,10,12-13,17-18H,2-3,7,16H2,1H3/t10-,12+,13?/m0/s1. The number of aliphatic hydroxyl groups is 2. The lowest BCUT2D eigenvalue weighted by atomic mass is 10.00. The molecular formula is C13H19Cl2NO3. The van der Waals surface area contributed by atoms with E-state index in [-0.39, 0.29) is 0 Å². The molecule has 0 amide bonds. The Morgan fingerprint density at radius 3 is 2.32 bits per heavy atom. The minimum absolute atomic E-state index is 0.369. The number of ether oxygens (including phenoxy) is 1. The van der Waals surface area contributed by atoms with Crippen molar-refractivity contribution in [1.82, 2.24) is 0 Å². The lowest BCUT2D eigenvalue weighted by Crippen LogP contribution is -2.31. The van der Waals surface area contributed by atoms with Crippen molar-refractivity contribution in [1.29, 1.82) is 0 Å². The van der Waals surface area contributed by atoms with Crippen LogP contribution in [-0.2, 0) is 4.74 Å². The van der Waals surface area contributed by atoms with Gasteiger partial charge in [-0.05, 0) is 18.6 Å². The van der Waals surface area contributed by atoms with Crippen LogP contribution in [0.2, 0.25) is 10.0 Å². The summed E-state index contributed by atoms with van der Waals surface area (Å²) in [4.78, 5) is 0. The van der Waals surface area contributed by atoms with Gasteiger partial charge in [0.1, 0.15) is 6.10 Å². The van der Waals surface area contributed by atoms with Crippen molar-refractivity contribution >= 4 is 23.2 Å². The summed E-state index contributed by atoms with van der Waals surface area (Å²) in [5, 5.41) is 20.1. The molecule has 0 aliphatic carbocycles. The fraction of sp³-hybridized carbons (Fsp3) is 0.538. The normalized spacial score (nSPS) is 16.1. The van der Waals surface area contributed by atoms with Crippen LogP contribution < -0.4 is 5.73 Å². The first-order valence-corrected chi connectivity index (χ1v) is 6.94. The topological polar surface area (TPSA) is 75.7 Å². The summed E-state index contributed by atoms with van der Waals surface area (Å²) in [5.41, 5.74) is 5.68. The van der Waals surface area contributed by atoms with Crippen LogP contribution in [0, 0.1) is 0 Å². The van der Waals surface area contributed by atoms with Crippen molar-refractivity contribution in [2.75, 3.05) is 0 Å². The van der Waals surface area contributed by atoms with Crippen LogP contribution in [0.4, 0.5) is 0 Å². The van der Waals surface area contributed by atoms with Crippen LogP contribution >= 0.6 is 23.2 Å². The van der Waals surface area contributed by atoms with Gasteiger partial charge in [-0.3, -0.25) is 5.73 Å². The Morgan fingerprint density at radius 1 is 1.26 bits per heavy atom. The van der Waals surface area contributed by atoms with E-state index in [2.05, 4.69) is 0 Å². The van der Waals surface area contributed by atoms with E-state index in [1.165, 1.54) is 0 Å². The second-order valence-corrected chi connectivity index (χ2v) is 5.11. The lowest BCUT2D eigenvalue weighted by Gasteiger charge is -2.26. The molecule has 0 bridgehead atoms. The molecule has 4 nitrogen and oxygen atoms in total. The maximum atomic E-state index is 10.2. The van der Waals surface area contributed by atoms with Gasteiger partial charge >= 0.3 is 0 Å². The molecule has 0 aliphatic rings. The smallest absolute Gasteiger partial charge is 0.211 e. The van der Waals surface area contributed by atoms with Gasteiger partial charge in [-0.2, -0.15) is 0 Å². The van der Waals surface area contributed by atoms with Crippen LogP contribution in [-0.4, -0.2) is 22.7 Å². The van der Waals surface area contributed by atoms with Gasteiger partial charge in [0.15, 0.2) is 0 Å². The van der Waals surface area contributed by atoms with Crippen LogP contribution in [0.15, 0.2) is 18.2 Å². The molecule has 0 heterocycles. The molecule has 0 saturated carbocycles. The highest BCUT2D eigenvalue weighted by molar-refractivity contribution is 6.36. The van der Waals surface area contributed by atoms with E-state index in [1.54, 1.807) is 18.2 Å². The predicted octanol–water partition coefficient (Wildman–Crippen LogP) is 2.84. The second-order valence-electron chi connectivity index (χ2n) is 4.29. The SMILES string of the molecule is CCCC[C@H](O)[C@@H](OC(N)O)c1c(Cl)cccc1Cl. The zero-order valence-electron chi connectivity index (χ0n) is 10.7. The van der Waals surface area contributed by atoms with Gasteiger partial charge in [-0.1, -0.05) is 49.0 Å². The molecule has 108 valence electrons. The Hall–Kier alpha value is -0.360. The fourth-order valence-corrected chi connectivity index (χ4v) is 2.46.